The number of aliphatic hydroxyl groups is 1. The van der Waals surface area contributed by atoms with Crippen molar-refractivity contribution in [1.82, 2.24) is 15.1 Å². The molecule has 0 saturated carbocycles. The van der Waals surface area contributed by atoms with E-state index < -0.39 is 23.1 Å². The summed E-state index contributed by atoms with van der Waals surface area (Å²) in [6.45, 7) is 1.66. The molecule has 1 aromatic heterocycles. The number of aryl methyl sites for hydroxylation is 1. The van der Waals surface area contributed by atoms with E-state index >= 15 is 0 Å². The van der Waals surface area contributed by atoms with Gasteiger partial charge in [-0.1, -0.05) is 0 Å². The van der Waals surface area contributed by atoms with Gasteiger partial charge in [-0.3, -0.25) is 4.68 Å². The Balaban J connectivity index is 1.99. The van der Waals surface area contributed by atoms with Crippen LogP contribution in [0.4, 0.5) is 13.2 Å². The molecule has 0 radical (unpaired) electrons. The third kappa shape index (κ3) is 3.62. The van der Waals surface area contributed by atoms with Gasteiger partial charge in [0.25, 0.3) is 0 Å². The van der Waals surface area contributed by atoms with Crippen molar-refractivity contribution in [2.75, 3.05) is 6.54 Å². The molecule has 7 heteroatoms. The molecule has 2 N–H and O–H groups in total. The first-order chi connectivity index (χ1) is 9.79. The highest BCUT2D eigenvalue weighted by atomic mass is 19.2. The lowest BCUT2D eigenvalue weighted by molar-refractivity contribution is 0.0565. The average molecular weight is 299 g/mol. The molecular weight excluding hydrogens is 283 g/mol. The molecule has 0 spiro atoms. The van der Waals surface area contributed by atoms with E-state index in [1.165, 1.54) is 6.20 Å². The number of benzene rings is 1. The van der Waals surface area contributed by atoms with E-state index in [0.29, 0.717) is 11.6 Å². The monoisotopic (exact) mass is 299 g/mol. The third-order valence-electron chi connectivity index (χ3n) is 3.20. The fourth-order valence-corrected chi connectivity index (χ4v) is 1.94. The summed E-state index contributed by atoms with van der Waals surface area (Å²) in [6, 6.07) is 1.31. The van der Waals surface area contributed by atoms with Crippen LogP contribution in [0.1, 0.15) is 18.1 Å². The van der Waals surface area contributed by atoms with Crippen molar-refractivity contribution in [3.8, 4) is 0 Å². The van der Waals surface area contributed by atoms with Gasteiger partial charge in [0, 0.05) is 43.5 Å². The van der Waals surface area contributed by atoms with Crippen LogP contribution in [0.5, 0.6) is 0 Å². The van der Waals surface area contributed by atoms with Gasteiger partial charge in [0.1, 0.15) is 11.4 Å². The molecule has 21 heavy (non-hydrogen) atoms. The predicted molar refractivity (Wildman–Crippen MR) is 70.8 cm³/mol. The van der Waals surface area contributed by atoms with E-state index in [1.807, 2.05) is 0 Å². The van der Waals surface area contributed by atoms with Gasteiger partial charge in [-0.15, -0.1) is 0 Å². The van der Waals surface area contributed by atoms with Crippen LogP contribution in [0, 0.1) is 17.5 Å². The fourth-order valence-electron chi connectivity index (χ4n) is 1.94. The quantitative estimate of drug-likeness (QED) is 0.828. The van der Waals surface area contributed by atoms with Gasteiger partial charge >= 0.3 is 0 Å². The van der Waals surface area contributed by atoms with Gasteiger partial charge in [0.2, 0.25) is 0 Å². The molecule has 2 rings (SSSR count). The standard InChI is InChI=1S/C14H16F3N3O/c1-14(21,10-6-19-20(2)7-10)8-18-5-9-3-12(16)13(17)4-11(9)15/h3-4,6-7,18,21H,5,8H2,1-2H3. The Morgan fingerprint density at radius 3 is 2.52 bits per heavy atom. The Morgan fingerprint density at radius 1 is 1.24 bits per heavy atom. The normalized spacial score (nSPS) is 14.2. The number of nitrogens with zero attached hydrogens (tertiary/aromatic N) is 2. The zero-order valence-electron chi connectivity index (χ0n) is 11.7. The maximum atomic E-state index is 13.5. The maximum Gasteiger partial charge on any atom is 0.161 e. The lowest BCUT2D eigenvalue weighted by Gasteiger charge is -2.22. The Kier molecular flexibility index (Phi) is 4.34. The average Bonchev–Trinajstić information content (AvgIpc) is 2.83. The van der Waals surface area contributed by atoms with E-state index in [4.69, 9.17) is 0 Å². The molecule has 0 aliphatic rings. The predicted octanol–water partition coefficient (Wildman–Crippen LogP) is 1.83. The number of rotatable bonds is 5. The number of halogens is 3. The second-order valence-electron chi connectivity index (χ2n) is 5.14. The van der Waals surface area contributed by atoms with Gasteiger partial charge in [-0.2, -0.15) is 5.10 Å². The molecule has 1 atom stereocenters. The topological polar surface area (TPSA) is 50.1 Å². The van der Waals surface area contributed by atoms with Crippen molar-refractivity contribution in [1.29, 1.82) is 0 Å². The van der Waals surface area contributed by atoms with Crippen LogP contribution < -0.4 is 5.32 Å². The molecule has 4 nitrogen and oxygen atoms in total. The summed E-state index contributed by atoms with van der Waals surface area (Å²) in [5.74, 6) is -3.16. The van der Waals surface area contributed by atoms with Gasteiger partial charge in [0.15, 0.2) is 11.6 Å². The van der Waals surface area contributed by atoms with Crippen LogP contribution in [0.2, 0.25) is 0 Å². The second kappa shape index (κ2) is 5.87. The van der Waals surface area contributed by atoms with Crippen molar-refractivity contribution in [3.63, 3.8) is 0 Å². The highest BCUT2D eigenvalue weighted by Crippen LogP contribution is 2.19. The first-order valence-corrected chi connectivity index (χ1v) is 6.35. The SMILES string of the molecule is Cn1cc(C(C)(O)CNCc2cc(F)c(F)cc2F)cn1. The summed E-state index contributed by atoms with van der Waals surface area (Å²) in [5.41, 5.74) is -0.609. The summed E-state index contributed by atoms with van der Waals surface area (Å²) in [5, 5.41) is 17.1. The minimum atomic E-state index is -1.22. The summed E-state index contributed by atoms with van der Waals surface area (Å²) in [6.07, 6.45) is 3.19. The van der Waals surface area contributed by atoms with Crippen molar-refractivity contribution in [2.45, 2.75) is 19.1 Å². The molecule has 1 aromatic carbocycles. The van der Waals surface area contributed by atoms with Crippen LogP contribution in [-0.4, -0.2) is 21.4 Å². The van der Waals surface area contributed by atoms with Crippen LogP contribution in [-0.2, 0) is 19.2 Å². The van der Waals surface area contributed by atoms with Crippen molar-refractivity contribution in [2.24, 2.45) is 7.05 Å². The summed E-state index contributed by atoms with van der Waals surface area (Å²) < 4.78 is 40.9. The van der Waals surface area contributed by atoms with E-state index in [1.54, 1.807) is 24.9 Å². The molecule has 2 aromatic rings. The lowest BCUT2D eigenvalue weighted by atomic mass is 9.99. The molecule has 0 aliphatic heterocycles. The van der Waals surface area contributed by atoms with E-state index in [0.717, 1.165) is 6.07 Å². The van der Waals surface area contributed by atoms with Crippen molar-refractivity contribution < 1.29 is 18.3 Å². The van der Waals surface area contributed by atoms with Gasteiger partial charge < -0.3 is 10.4 Å². The molecule has 0 fully saturated rings. The summed E-state index contributed by atoms with van der Waals surface area (Å²) >= 11 is 0. The van der Waals surface area contributed by atoms with E-state index in [-0.39, 0.29) is 18.7 Å². The lowest BCUT2D eigenvalue weighted by Crippen LogP contribution is -2.35. The molecule has 0 bridgehead atoms. The van der Waals surface area contributed by atoms with Crippen molar-refractivity contribution >= 4 is 0 Å². The van der Waals surface area contributed by atoms with Crippen LogP contribution in [0.15, 0.2) is 24.5 Å². The summed E-state index contributed by atoms with van der Waals surface area (Å²) in [7, 11) is 1.73. The zero-order valence-corrected chi connectivity index (χ0v) is 11.7. The number of nitrogens with one attached hydrogen (secondary N) is 1. The second-order valence-corrected chi connectivity index (χ2v) is 5.14. The Bertz CT molecular complexity index is 640. The largest absolute Gasteiger partial charge is 0.384 e. The molecule has 1 heterocycles. The van der Waals surface area contributed by atoms with Crippen LogP contribution >= 0.6 is 0 Å². The Hall–Kier alpha value is -1.86. The number of hydrogen-bond donors (Lipinski definition) is 2. The van der Waals surface area contributed by atoms with Gasteiger partial charge in [-0.25, -0.2) is 13.2 Å². The minimum Gasteiger partial charge on any atom is -0.384 e. The van der Waals surface area contributed by atoms with Gasteiger partial charge in [0.05, 0.1) is 6.20 Å². The first-order valence-electron chi connectivity index (χ1n) is 6.35. The van der Waals surface area contributed by atoms with Crippen molar-refractivity contribution in [3.05, 3.63) is 53.1 Å². The van der Waals surface area contributed by atoms with Crippen LogP contribution in [0.3, 0.4) is 0 Å². The number of hydrogen-bond acceptors (Lipinski definition) is 3. The first kappa shape index (κ1) is 15.5. The maximum absolute atomic E-state index is 13.5. The Morgan fingerprint density at radius 2 is 1.90 bits per heavy atom. The summed E-state index contributed by atoms with van der Waals surface area (Å²) in [4.78, 5) is 0. The molecule has 0 aliphatic carbocycles. The third-order valence-corrected chi connectivity index (χ3v) is 3.20. The smallest absolute Gasteiger partial charge is 0.161 e. The van der Waals surface area contributed by atoms with Gasteiger partial charge in [-0.05, 0) is 13.0 Å². The van der Waals surface area contributed by atoms with E-state index in [9.17, 15) is 18.3 Å². The van der Waals surface area contributed by atoms with Crippen LogP contribution in [0.25, 0.3) is 0 Å². The molecule has 114 valence electrons. The highest BCUT2D eigenvalue weighted by molar-refractivity contribution is 5.20. The number of aromatic nitrogens is 2. The Labute approximate surface area is 120 Å². The molecular formula is C14H16F3N3O. The minimum absolute atomic E-state index is 0.00381. The van der Waals surface area contributed by atoms with E-state index in [2.05, 4.69) is 10.4 Å². The molecule has 0 amide bonds. The molecule has 1 unspecified atom stereocenters. The zero-order chi connectivity index (χ0) is 15.6. The fraction of sp³-hybridized carbons (Fsp3) is 0.357. The highest BCUT2D eigenvalue weighted by Gasteiger charge is 2.24. The molecule has 0 saturated heterocycles.